The predicted octanol–water partition coefficient (Wildman–Crippen LogP) is 11.3. The smallest absolute Gasteiger partial charge is 0.417 e. The van der Waals surface area contributed by atoms with Crippen molar-refractivity contribution in [2.75, 3.05) is 0 Å². The van der Waals surface area contributed by atoms with E-state index in [-0.39, 0.29) is 27.1 Å². The van der Waals surface area contributed by atoms with Gasteiger partial charge < -0.3 is 13.9 Å². The van der Waals surface area contributed by atoms with Crippen LogP contribution in [0.25, 0.3) is 22.3 Å². The molecule has 0 radical (unpaired) electrons. The lowest BCUT2D eigenvalue weighted by atomic mass is 9.71. The molecular formula is C41H47O3P. The zero-order chi connectivity index (χ0) is 32.3. The van der Waals surface area contributed by atoms with Crippen molar-refractivity contribution in [1.82, 2.24) is 0 Å². The minimum Gasteiger partial charge on any atom is -0.417 e. The van der Waals surface area contributed by atoms with Crippen molar-refractivity contribution in [3.05, 3.63) is 106 Å². The maximum absolute atomic E-state index is 11.6. The summed E-state index contributed by atoms with van der Waals surface area (Å²) in [5, 5.41) is 0. The lowest BCUT2D eigenvalue weighted by Gasteiger charge is -2.35. The summed E-state index contributed by atoms with van der Waals surface area (Å²) in [7, 11) is -2.24. The number of hydrogen-bond donors (Lipinski definition) is 1. The van der Waals surface area contributed by atoms with Crippen molar-refractivity contribution in [2.24, 2.45) is 0 Å². The van der Waals surface area contributed by atoms with Crippen molar-refractivity contribution >= 4 is 8.60 Å². The SMILES string of the molecule is CC(C)(C)c1ccc(-c2ccc3c4c2OP(O)Oc2c(-c5ccc(C(C)(C)C)cc5)ccc5c2C4(CC3(C)C)CC5(C)C)cc1. The minimum absolute atomic E-state index is 0.0677. The first-order valence-corrected chi connectivity index (χ1v) is 17.5. The Morgan fingerprint density at radius 3 is 1.24 bits per heavy atom. The molecule has 0 saturated heterocycles. The first-order chi connectivity index (χ1) is 20.9. The van der Waals surface area contributed by atoms with Gasteiger partial charge in [-0.2, -0.15) is 0 Å². The van der Waals surface area contributed by atoms with Gasteiger partial charge in [0.05, 0.1) is 0 Å². The van der Waals surface area contributed by atoms with Crippen LogP contribution in [-0.4, -0.2) is 4.89 Å². The fraction of sp³-hybridized carbons (Fsp3) is 0.415. The van der Waals surface area contributed by atoms with Crippen LogP contribution in [0.1, 0.15) is 115 Å². The van der Waals surface area contributed by atoms with Crippen LogP contribution >= 0.6 is 8.60 Å². The molecule has 1 heterocycles. The summed E-state index contributed by atoms with van der Waals surface area (Å²) in [6, 6.07) is 26.7. The summed E-state index contributed by atoms with van der Waals surface area (Å²) in [5.74, 6) is 1.56. The van der Waals surface area contributed by atoms with E-state index in [1.165, 1.54) is 33.4 Å². The van der Waals surface area contributed by atoms with Gasteiger partial charge >= 0.3 is 8.60 Å². The van der Waals surface area contributed by atoms with Gasteiger partial charge in [-0.05, 0) is 67.9 Å². The molecule has 1 aliphatic heterocycles. The molecule has 0 atom stereocenters. The van der Waals surface area contributed by atoms with Crippen molar-refractivity contribution < 1.29 is 13.9 Å². The molecule has 0 saturated carbocycles. The monoisotopic (exact) mass is 618 g/mol. The highest BCUT2D eigenvalue weighted by atomic mass is 31.2. The van der Waals surface area contributed by atoms with Crippen LogP contribution in [0.15, 0.2) is 72.8 Å². The fourth-order valence-corrected chi connectivity index (χ4v) is 9.33. The van der Waals surface area contributed by atoms with Crippen LogP contribution in [-0.2, 0) is 27.1 Å². The van der Waals surface area contributed by atoms with E-state index in [1.807, 2.05) is 0 Å². The Bertz CT molecular complexity index is 1680. The first kappa shape index (κ1) is 30.5. The molecule has 3 nitrogen and oxygen atoms in total. The summed E-state index contributed by atoms with van der Waals surface area (Å²) in [6.45, 7) is 22.9. The molecule has 0 aromatic heterocycles. The maximum Gasteiger partial charge on any atom is 0.460 e. The molecule has 0 bridgehead atoms. The van der Waals surface area contributed by atoms with Crippen LogP contribution in [0.3, 0.4) is 0 Å². The van der Waals surface area contributed by atoms with E-state index in [0.29, 0.717) is 0 Å². The summed E-state index contributed by atoms with van der Waals surface area (Å²) >= 11 is 0. The molecule has 4 heteroatoms. The molecule has 7 rings (SSSR count). The Hall–Kier alpha value is -3.13. The normalized spacial score (nSPS) is 19.2. The van der Waals surface area contributed by atoms with E-state index >= 15 is 0 Å². The zero-order valence-electron chi connectivity index (χ0n) is 28.6. The van der Waals surface area contributed by atoms with Crippen LogP contribution < -0.4 is 9.05 Å². The maximum atomic E-state index is 11.6. The van der Waals surface area contributed by atoms with Gasteiger partial charge in [0.25, 0.3) is 0 Å². The minimum atomic E-state index is -2.24. The van der Waals surface area contributed by atoms with Gasteiger partial charge in [-0.3, -0.25) is 0 Å². The molecule has 45 heavy (non-hydrogen) atoms. The van der Waals surface area contributed by atoms with Crippen LogP contribution in [0.2, 0.25) is 0 Å². The average molecular weight is 619 g/mol. The Morgan fingerprint density at radius 1 is 0.556 bits per heavy atom. The van der Waals surface area contributed by atoms with E-state index in [0.717, 1.165) is 46.6 Å². The Labute approximate surface area is 271 Å². The molecule has 2 aliphatic carbocycles. The molecule has 1 spiro atoms. The van der Waals surface area contributed by atoms with Gasteiger partial charge in [-0.25, -0.2) is 0 Å². The van der Waals surface area contributed by atoms with Crippen LogP contribution in [0.5, 0.6) is 11.5 Å². The van der Waals surface area contributed by atoms with Crippen LogP contribution in [0.4, 0.5) is 0 Å². The molecule has 0 amide bonds. The Morgan fingerprint density at radius 2 is 0.911 bits per heavy atom. The third-order valence-corrected chi connectivity index (χ3v) is 11.4. The second kappa shape index (κ2) is 9.69. The lowest BCUT2D eigenvalue weighted by molar-refractivity contribution is 0.326. The van der Waals surface area contributed by atoms with Crippen molar-refractivity contribution in [1.29, 1.82) is 0 Å². The van der Waals surface area contributed by atoms with Crippen molar-refractivity contribution in [3.63, 3.8) is 0 Å². The van der Waals surface area contributed by atoms with E-state index in [9.17, 15) is 4.89 Å². The first-order valence-electron chi connectivity index (χ1n) is 16.4. The predicted molar refractivity (Wildman–Crippen MR) is 188 cm³/mol. The highest BCUT2D eigenvalue weighted by Crippen LogP contribution is 2.70. The summed E-state index contributed by atoms with van der Waals surface area (Å²) < 4.78 is 13.3. The summed E-state index contributed by atoms with van der Waals surface area (Å²) in [4.78, 5) is 11.6. The number of hydrogen-bond acceptors (Lipinski definition) is 3. The molecule has 0 fully saturated rings. The summed E-state index contributed by atoms with van der Waals surface area (Å²) in [5.41, 5.74) is 11.6. The zero-order valence-corrected chi connectivity index (χ0v) is 29.4. The van der Waals surface area contributed by atoms with Crippen molar-refractivity contribution in [2.45, 2.75) is 109 Å². The standard InChI is InChI=1S/C41H47O3P/c1-37(2,3)27-15-11-25(12-16-27)29-19-21-31-33-35(29)43-45(42)44-36-30(26-13-17-28(18-14-26)38(4,5)6)20-22-32-34(36)41(33,23-39(31,7)8)24-40(32,9)10/h11-22,42H,23-24H2,1-10H3. The summed E-state index contributed by atoms with van der Waals surface area (Å²) in [6.07, 6.45) is 1.92. The third kappa shape index (κ3) is 4.68. The van der Waals surface area contributed by atoms with Crippen LogP contribution in [0, 0.1) is 0 Å². The molecule has 1 N–H and O–H groups in total. The second-order valence-corrected chi connectivity index (χ2v) is 17.8. The number of rotatable bonds is 2. The molecule has 234 valence electrons. The molecule has 3 aliphatic rings. The highest BCUT2D eigenvalue weighted by Gasteiger charge is 2.60. The lowest BCUT2D eigenvalue weighted by Crippen LogP contribution is -2.28. The molecule has 4 aromatic rings. The fourth-order valence-electron chi connectivity index (χ4n) is 8.60. The molecule has 4 aromatic carbocycles. The van der Waals surface area contributed by atoms with Gasteiger partial charge in [0.1, 0.15) is 11.5 Å². The third-order valence-electron chi connectivity index (χ3n) is 10.7. The van der Waals surface area contributed by atoms with Gasteiger partial charge in [0, 0.05) is 27.7 Å². The van der Waals surface area contributed by atoms with Gasteiger partial charge in [-0.15, -0.1) is 0 Å². The van der Waals surface area contributed by atoms with E-state index < -0.39 is 8.60 Å². The van der Waals surface area contributed by atoms with E-state index in [2.05, 4.69) is 142 Å². The molecular weight excluding hydrogens is 571 g/mol. The molecule has 0 unspecified atom stereocenters. The quantitative estimate of drug-likeness (QED) is 0.227. The topological polar surface area (TPSA) is 38.7 Å². The van der Waals surface area contributed by atoms with Gasteiger partial charge in [0.15, 0.2) is 0 Å². The van der Waals surface area contributed by atoms with Crippen molar-refractivity contribution in [3.8, 4) is 33.8 Å². The van der Waals surface area contributed by atoms with E-state index in [1.54, 1.807) is 0 Å². The largest absolute Gasteiger partial charge is 0.460 e. The van der Waals surface area contributed by atoms with Gasteiger partial charge in [-0.1, -0.05) is 142 Å². The number of benzene rings is 4. The second-order valence-electron chi connectivity index (χ2n) is 17.0. The Kier molecular flexibility index (Phi) is 6.57. The average Bonchev–Trinajstić information content (AvgIpc) is 3.31. The Balaban J connectivity index is 1.49. The van der Waals surface area contributed by atoms with E-state index in [4.69, 9.17) is 9.05 Å². The van der Waals surface area contributed by atoms with Gasteiger partial charge in [0.2, 0.25) is 0 Å². The highest BCUT2D eigenvalue weighted by molar-refractivity contribution is 7.41.